The highest BCUT2D eigenvalue weighted by atomic mass is 16.3. The standard InChI is InChI=1S/C13H25N5O/c1-3-17-5-4-16(7-11(17)2)9-13(19)10-18-8-12(14)6-15-18/h6,8,11,13,19H,3-5,7,9-10,14H2,1-2H3. The van der Waals surface area contributed by atoms with E-state index in [1.807, 2.05) is 0 Å². The van der Waals surface area contributed by atoms with Crippen LogP contribution in [0.5, 0.6) is 0 Å². The summed E-state index contributed by atoms with van der Waals surface area (Å²) in [6.07, 6.45) is 2.95. The Balaban J connectivity index is 1.78. The summed E-state index contributed by atoms with van der Waals surface area (Å²) in [5.74, 6) is 0. The fraction of sp³-hybridized carbons (Fsp3) is 0.769. The van der Waals surface area contributed by atoms with Crippen LogP contribution >= 0.6 is 0 Å². The first-order valence-corrected chi connectivity index (χ1v) is 7.01. The molecule has 1 fully saturated rings. The Hall–Kier alpha value is -1.11. The van der Waals surface area contributed by atoms with Gasteiger partial charge in [0.2, 0.25) is 0 Å². The van der Waals surface area contributed by atoms with Crippen LogP contribution < -0.4 is 5.73 Å². The van der Waals surface area contributed by atoms with E-state index in [0.717, 1.165) is 26.2 Å². The topological polar surface area (TPSA) is 70.5 Å². The lowest BCUT2D eigenvalue weighted by Crippen LogP contribution is -2.53. The molecule has 0 aliphatic carbocycles. The lowest BCUT2D eigenvalue weighted by Gasteiger charge is -2.40. The molecule has 0 aromatic carbocycles. The maximum atomic E-state index is 10.1. The highest BCUT2D eigenvalue weighted by molar-refractivity contribution is 5.30. The molecule has 3 N–H and O–H groups in total. The molecule has 6 heteroatoms. The number of nitrogens with zero attached hydrogens (tertiary/aromatic N) is 4. The molecule has 2 heterocycles. The second-order valence-corrected chi connectivity index (χ2v) is 5.39. The molecule has 2 unspecified atom stereocenters. The largest absolute Gasteiger partial charge is 0.396 e. The number of aromatic nitrogens is 2. The van der Waals surface area contributed by atoms with Crippen molar-refractivity contribution >= 4 is 5.69 Å². The van der Waals surface area contributed by atoms with Crippen molar-refractivity contribution in [1.82, 2.24) is 19.6 Å². The number of β-amino-alcohol motifs (C(OH)–C–C–N with tert-alkyl or cyclic N) is 1. The zero-order valence-electron chi connectivity index (χ0n) is 11.9. The van der Waals surface area contributed by atoms with Gasteiger partial charge in [-0.3, -0.25) is 14.5 Å². The van der Waals surface area contributed by atoms with Crippen LogP contribution in [0.1, 0.15) is 13.8 Å². The fourth-order valence-electron chi connectivity index (χ4n) is 2.76. The van der Waals surface area contributed by atoms with Crippen molar-refractivity contribution < 1.29 is 5.11 Å². The smallest absolute Gasteiger partial charge is 0.0862 e. The molecular weight excluding hydrogens is 242 g/mol. The molecule has 1 aliphatic heterocycles. The molecule has 0 bridgehead atoms. The normalized spacial score (nSPS) is 23.6. The van der Waals surface area contributed by atoms with Crippen LogP contribution in [0.2, 0.25) is 0 Å². The van der Waals surface area contributed by atoms with E-state index in [1.54, 1.807) is 17.1 Å². The number of hydrogen-bond donors (Lipinski definition) is 2. The molecule has 2 rings (SSSR count). The Morgan fingerprint density at radius 1 is 1.47 bits per heavy atom. The van der Waals surface area contributed by atoms with Gasteiger partial charge in [0.1, 0.15) is 0 Å². The number of likely N-dealkylation sites (N-methyl/N-ethyl adjacent to an activating group) is 1. The number of hydrogen-bond acceptors (Lipinski definition) is 5. The van der Waals surface area contributed by atoms with Gasteiger partial charge in [-0.1, -0.05) is 6.92 Å². The van der Waals surface area contributed by atoms with Crippen LogP contribution in [-0.2, 0) is 6.54 Å². The van der Waals surface area contributed by atoms with Gasteiger partial charge in [0.05, 0.1) is 24.5 Å². The minimum absolute atomic E-state index is 0.403. The molecule has 0 spiro atoms. The summed E-state index contributed by atoms with van der Waals surface area (Å²) in [5, 5.41) is 14.2. The van der Waals surface area contributed by atoms with E-state index in [9.17, 15) is 5.11 Å². The van der Waals surface area contributed by atoms with Crippen molar-refractivity contribution in [1.29, 1.82) is 0 Å². The quantitative estimate of drug-likeness (QED) is 0.776. The molecule has 0 saturated carbocycles. The van der Waals surface area contributed by atoms with E-state index in [1.165, 1.54) is 0 Å². The van der Waals surface area contributed by atoms with E-state index >= 15 is 0 Å². The lowest BCUT2D eigenvalue weighted by atomic mass is 10.2. The Kier molecular flexibility index (Phi) is 4.79. The maximum absolute atomic E-state index is 10.1. The van der Waals surface area contributed by atoms with Crippen LogP contribution in [0.15, 0.2) is 12.4 Å². The molecule has 2 atom stereocenters. The summed E-state index contributed by atoms with van der Waals surface area (Å²) in [5.41, 5.74) is 6.24. The Morgan fingerprint density at radius 2 is 2.26 bits per heavy atom. The first kappa shape index (κ1) is 14.3. The van der Waals surface area contributed by atoms with Crippen LogP contribution in [0.4, 0.5) is 5.69 Å². The van der Waals surface area contributed by atoms with Gasteiger partial charge < -0.3 is 10.8 Å². The Morgan fingerprint density at radius 3 is 2.84 bits per heavy atom. The minimum Gasteiger partial charge on any atom is -0.396 e. The van der Waals surface area contributed by atoms with Crippen LogP contribution in [0, 0.1) is 0 Å². The zero-order valence-corrected chi connectivity index (χ0v) is 11.9. The Labute approximate surface area is 114 Å². The van der Waals surface area contributed by atoms with Crippen molar-refractivity contribution in [3.8, 4) is 0 Å². The fourth-order valence-corrected chi connectivity index (χ4v) is 2.76. The third-order valence-corrected chi connectivity index (χ3v) is 3.78. The van der Waals surface area contributed by atoms with Crippen LogP contribution in [-0.4, -0.2) is 69.6 Å². The number of aliphatic hydroxyl groups excluding tert-OH is 1. The van der Waals surface area contributed by atoms with Gasteiger partial charge in [-0.15, -0.1) is 0 Å². The summed E-state index contributed by atoms with van der Waals surface area (Å²) in [6.45, 7) is 9.87. The van der Waals surface area contributed by atoms with Gasteiger partial charge in [0.15, 0.2) is 0 Å². The molecule has 19 heavy (non-hydrogen) atoms. The van der Waals surface area contributed by atoms with E-state index in [2.05, 4.69) is 28.7 Å². The van der Waals surface area contributed by atoms with Gasteiger partial charge in [-0.25, -0.2) is 0 Å². The first-order valence-electron chi connectivity index (χ1n) is 7.01. The SMILES string of the molecule is CCN1CCN(CC(O)Cn2cc(N)cn2)CC1C. The Bertz CT molecular complexity index is 394. The lowest BCUT2D eigenvalue weighted by molar-refractivity contribution is 0.0412. The molecule has 0 radical (unpaired) electrons. The number of nitrogen functional groups attached to an aromatic ring is 1. The van der Waals surface area contributed by atoms with Crippen LogP contribution in [0.25, 0.3) is 0 Å². The van der Waals surface area contributed by atoms with Crippen LogP contribution in [0.3, 0.4) is 0 Å². The third kappa shape index (κ3) is 3.92. The third-order valence-electron chi connectivity index (χ3n) is 3.78. The first-order chi connectivity index (χ1) is 9.08. The highest BCUT2D eigenvalue weighted by Gasteiger charge is 2.23. The zero-order chi connectivity index (χ0) is 13.8. The molecule has 1 aromatic heterocycles. The molecular formula is C13H25N5O. The predicted octanol–water partition coefficient (Wildman–Crippen LogP) is -0.148. The summed E-state index contributed by atoms with van der Waals surface area (Å²) in [4.78, 5) is 4.80. The van der Waals surface area contributed by atoms with Gasteiger partial charge in [-0.05, 0) is 13.5 Å². The maximum Gasteiger partial charge on any atom is 0.0862 e. The number of nitrogens with two attached hydrogens (primary N) is 1. The average Bonchev–Trinajstić information content (AvgIpc) is 2.74. The van der Waals surface area contributed by atoms with E-state index < -0.39 is 6.10 Å². The van der Waals surface area contributed by atoms with Gasteiger partial charge in [0.25, 0.3) is 0 Å². The molecule has 1 aliphatic rings. The summed E-state index contributed by atoms with van der Waals surface area (Å²) in [6, 6.07) is 0.561. The number of anilines is 1. The van der Waals surface area contributed by atoms with Crippen molar-refractivity contribution in [2.24, 2.45) is 0 Å². The summed E-state index contributed by atoms with van der Waals surface area (Å²) < 4.78 is 1.70. The van der Waals surface area contributed by atoms with Gasteiger partial charge >= 0.3 is 0 Å². The number of rotatable bonds is 5. The number of piperazine rings is 1. The highest BCUT2D eigenvalue weighted by Crippen LogP contribution is 2.10. The monoisotopic (exact) mass is 267 g/mol. The van der Waals surface area contributed by atoms with Gasteiger partial charge in [-0.2, -0.15) is 5.10 Å². The molecule has 0 amide bonds. The van der Waals surface area contributed by atoms with E-state index in [-0.39, 0.29) is 0 Å². The van der Waals surface area contributed by atoms with Crippen molar-refractivity contribution in [3.63, 3.8) is 0 Å². The van der Waals surface area contributed by atoms with Crippen molar-refractivity contribution in [2.45, 2.75) is 32.5 Å². The second kappa shape index (κ2) is 6.36. The van der Waals surface area contributed by atoms with Crippen molar-refractivity contribution in [2.75, 3.05) is 38.5 Å². The van der Waals surface area contributed by atoms with E-state index in [4.69, 9.17) is 5.73 Å². The molecule has 1 aromatic rings. The minimum atomic E-state index is -0.403. The summed E-state index contributed by atoms with van der Waals surface area (Å²) in [7, 11) is 0. The summed E-state index contributed by atoms with van der Waals surface area (Å²) >= 11 is 0. The molecule has 1 saturated heterocycles. The predicted molar refractivity (Wildman–Crippen MR) is 75.8 cm³/mol. The van der Waals surface area contributed by atoms with E-state index in [0.29, 0.717) is 24.8 Å². The second-order valence-electron chi connectivity index (χ2n) is 5.39. The average molecular weight is 267 g/mol. The number of aliphatic hydroxyl groups is 1. The van der Waals surface area contributed by atoms with Crippen molar-refractivity contribution in [3.05, 3.63) is 12.4 Å². The molecule has 108 valence electrons. The van der Waals surface area contributed by atoms with Gasteiger partial charge in [0, 0.05) is 38.4 Å². The molecule has 6 nitrogen and oxygen atoms in total.